The second kappa shape index (κ2) is 10.4. The fourth-order valence-corrected chi connectivity index (χ4v) is 2.38. The molecule has 0 aromatic heterocycles. The number of halogens is 4. The van der Waals surface area contributed by atoms with Crippen molar-refractivity contribution in [3.63, 3.8) is 0 Å². The van der Waals surface area contributed by atoms with Crippen LogP contribution in [0.3, 0.4) is 0 Å². The molecule has 0 radical (unpaired) electrons. The monoisotopic (exact) mass is 479 g/mol. The Morgan fingerprint density at radius 3 is 2.46 bits per heavy atom. The van der Waals surface area contributed by atoms with Gasteiger partial charge >= 0.3 is 0 Å². The second-order valence-electron chi connectivity index (χ2n) is 5.54. The van der Waals surface area contributed by atoms with Crippen LogP contribution in [0.25, 0.3) is 0 Å². The van der Waals surface area contributed by atoms with Crippen molar-refractivity contribution in [2.45, 2.75) is 26.1 Å². The highest BCUT2D eigenvalue weighted by Crippen LogP contribution is 2.17. The van der Waals surface area contributed by atoms with E-state index in [0.29, 0.717) is 18.1 Å². The van der Waals surface area contributed by atoms with Crippen LogP contribution in [0.15, 0.2) is 41.4 Å². The molecule has 0 saturated heterocycles. The average Bonchev–Trinajstić information content (AvgIpc) is 2.59. The molecular weight excluding hydrogens is 458 g/mol. The molecule has 2 rings (SSSR count). The fraction of sp³-hybridized carbons (Fsp3) is 0.278. The molecule has 0 saturated carbocycles. The number of benzene rings is 2. The summed E-state index contributed by atoms with van der Waals surface area (Å²) in [6.45, 7) is 1.68. The van der Waals surface area contributed by atoms with Gasteiger partial charge in [-0.2, -0.15) is 0 Å². The van der Waals surface area contributed by atoms with Crippen LogP contribution in [0.4, 0.5) is 13.2 Å². The van der Waals surface area contributed by atoms with Gasteiger partial charge in [0.05, 0.1) is 12.6 Å². The average molecular weight is 479 g/mol. The Hall–Kier alpha value is -1.81. The molecule has 142 valence electrons. The summed E-state index contributed by atoms with van der Waals surface area (Å²) in [5.41, 5.74) is 1.28. The van der Waals surface area contributed by atoms with Gasteiger partial charge in [0.25, 0.3) is 0 Å². The van der Waals surface area contributed by atoms with Crippen molar-refractivity contribution < 1.29 is 18.3 Å². The summed E-state index contributed by atoms with van der Waals surface area (Å²) in [5, 5.41) is 15.1. The summed E-state index contributed by atoms with van der Waals surface area (Å²) < 4.78 is 40.2. The Labute approximate surface area is 167 Å². The van der Waals surface area contributed by atoms with Crippen LogP contribution in [0, 0.1) is 17.5 Å². The van der Waals surface area contributed by atoms with E-state index in [4.69, 9.17) is 5.11 Å². The molecule has 0 heterocycles. The normalized spacial score (nSPS) is 12.3. The van der Waals surface area contributed by atoms with Crippen LogP contribution in [-0.4, -0.2) is 18.1 Å². The van der Waals surface area contributed by atoms with Crippen LogP contribution >= 0.6 is 24.0 Å². The van der Waals surface area contributed by atoms with Crippen molar-refractivity contribution in [3.8, 4) is 0 Å². The lowest BCUT2D eigenvalue weighted by molar-refractivity contribution is 0.275. The molecule has 26 heavy (non-hydrogen) atoms. The minimum absolute atomic E-state index is 0. The number of aliphatic hydroxyl groups is 1. The molecule has 0 bridgehead atoms. The van der Waals surface area contributed by atoms with E-state index in [9.17, 15) is 13.2 Å². The van der Waals surface area contributed by atoms with Crippen LogP contribution in [0.1, 0.15) is 29.7 Å². The lowest BCUT2D eigenvalue weighted by Gasteiger charge is -2.19. The number of aliphatic imine (C=N–C) groups is 1. The van der Waals surface area contributed by atoms with Gasteiger partial charge in [-0.15, -0.1) is 24.0 Å². The highest BCUT2D eigenvalue weighted by Gasteiger charge is 2.13. The third kappa shape index (κ3) is 5.87. The van der Waals surface area contributed by atoms with Crippen LogP contribution in [-0.2, 0) is 13.2 Å². The number of hydrogen-bond donors (Lipinski definition) is 3. The van der Waals surface area contributed by atoms with Crippen molar-refractivity contribution in [3.05, 3.63) is 70.5 Å². The van der Waals surface area contributed by atoms with Crippen molar-refractivity contribution in [2.75, 3.05) is 7.05 Å². The zero-order valence-electron chi connectivity index (χ0n) is 14.4. The fourth-order valence-electron chi connectivity index (χ4n) is 2.38. The zero-order valence-corrected chi connectivity index (χ0v) is 16.7. The van der Waals surface area contributed by atoms with Crippen LogP contribution < -0.4 is 10.6 Å². The molecule has 0 aliphatic heterocycles. The van der Waals surface area contributed by atoms with Crippen LogP contribution in [0.2, 0.25) is 0 Å². The number of nitrogens with zero attached hydrogens (tertiary/aromatic N) is 1. The van der Waals surface area contributed by atoms with Gasteiger partial charge in [-0.3, -0.25) is 4.99 Å². The third-order valence-electron chi connectivity index (χ3n) is 3.75. The third-order valence-corrected chi connectivity index (χ3v) is 3.75. The zero-order chi connectivity index (χ0) is 18.4. The van der Waals surface area contributed by atoms with E-state index in [1.807, 2.05) is 0 Å². The first-order valence-electron chi connectivity index (χ1n) is 7.75. The summed E-state index contributed by atoms with van der Waals surface area (Å²) in [4.78, 5) is 4.05. The van der Waals surface area contributed by atoms with E-state index in [1.165, 1.54) is 18.2 Å². The first-order chi connectivity index (χ1) is 11.9. The number of nitrogens with one attached hydrogen (secondary N) is 2. The standard InChI is InChI=1S/C18H20F3N3O.HI/c1-11(15-5-4-14(19)8-17(15)21)24-18(22-2)23-9-12-3-6-16(20)13(7-12)10-25;/h3-8,11,25H,9-10H2,1-2H3,(H2,22,23,24);1H. The SMILES string of the molecule is CN=C(NCc1ccc(F)c(CO)c1)NC(C)c1ccc(F)cc1F.I. The van der Waals surface area contributed by atoms with Gasteiger partial charge in [-0.1, -0.05) is 12.1 Å². The maximum Gasteiger partial charge on any atom is 0.191 e. The minimum atomic E-state index is -0.637. The minimum Gasteiger partial charge on any atom is -0.392 e. The molecule has 0 fully saturated rings. The van der Waals surface area contributed by atoms with E-state index in [2.05, 4.69) is 15.6 Å². The topological polar surface area (TPSA) is 56.7 Å². The lowest BCUT2D eigenvalue weighted by atomic mass is 10.1. The van der Waals surface area contributed by atoms with Crippen molar-refractivity contribution in [1.29, 1.82) is 0 Å². The highest BCUT2D eigenvalue weighted by atomic mass is 127. The first-order valence-corrected chi connectivity index (χ1v) is 7.75. The highest BCUT2D eigenvalue weighted by molar-refractivity contribution is 14.0. The molecule has 1 atom stereocenters. The molecule has 2 aromatic carbocycles. The smallest absolute Gasteiger partial charge is 0.191 e. The van der Waals surface area contributed by atoms with Gasteiger partial charge in [0.1, 0.15) is 17.5 Å². The molecule has 3 N–H and O–H groups in total. The Morgan fingerprint density at radius 2 is 1.85 bits per heavy atom. The van der Waals surface area contributed by atoms with Gasteiger partial charge in [0, 0.05) is 30.8 Å². The van der Waals surface area contributed by atoms with Crippen molar-refractivity contribution >= 4 is 29.9 Å². The van der Waals surface area contributed by atoms with Crippen LogP contribution in [0.5, 0.6) is 0 Å². The second-order valence-corrected chi connectivity index (χ2v) is 5.54. The summed E-state index contributed by atoms with van der Waals surface area (Å²) in [5.74, 6) is -1.33. The number of aliphatic hydroxyl groups excluding tert-OH is 1. The van der Waals surface area contributed by atoms with E-state index in [-0.39, 0.29) is 36.1 Å². The van der Waals surface area contributed by atoms with E-state index >= 15 is 0 Å². The lowest BCUT2D eigenvalue weighted by Crippen LogP contribution is -2.38. The Kier molecular flexibility index (Phi) is 8.86. The molecule has 8 heteroatoms. The molecule has 1 unspecified atom stereocenters. The molecule has 0 aliphatic rings. The summed E-state index contributed by atoms with van der Waals surface area (Å²) in [6, 6.07) is 7.41. The van der Waals surface area contributed by atoms with Gasteiger partial charge < -0.3 is 15.7 Å². The number of guanidine groups is 1. The van der Waals surface area contributed by atoms with Gasteiger partial charge in [-0.25, -0.2) is 13.2 Å². The molecule has 4 nitrogen and oxygen atoms in total. The maximum atomic E-state index is 13.8. The summed E-state index contributed by atoms with van der Waals surface area (Å²) in [7, 11) is 1.56. The number of hydrogen-bond acceptors (Lipinski definition) is 2. The first kappa shape index (κ1) is 22.2. The summed E-state index contributed by atoms with van der Waals surface area (Å²) >= 11 is 0. The predicted octanol–water partition coefficient (Wildman–Crippen LogP) is 3.64. The molecule has 2 aromatic rings. The summed E-state index contributed by atoms with van der Waals surface area (Å²) in [6.07, 6.45) is 0. The molecule has 0 spiro atoms. The van der Waals surface area contributed by atoms with Gasteiger partial charge in [-0.05, 0) is 30.7 Å². The van der Waals surface area contributed by atoms with Crippen molar-refractivity contribution in [2.24, 2.45) is 4.99 Å². The van der Waals surface area contributed by atoms with E-state index < -0.39 is 23.5 Å². The largest absolute Gasteiger partial charge is 0.392 e. The predicted molar refractivity (Wildman–Crippen MR) is 106 cm³/mol. The Balaban J connectivity index is 0.00000338. The number of rotatable bonds is 5. The Bertz CT molecular complexity index is 771. The van der Waals surface area contributed by atoms with E-state index in [1.54, 1.807) is 26.1 Å². The van der Waals surface area contributed by atoms with Crippen molar-refractivity contribution in [1.82, 2.24) is 10.6 Å². The van der Waals surface area contributed by atoms with Gasteiger partial charge in [0.15, 0.2) is 5.96 Å². The molecule has 0 aliphatic carbocycles. The maximum absolute atomic E-state index is 13.8. The molecular formula is C18H21F3IN3O. The Morgan fingerprint density at radius 1 is 1.12 bits per heavy atom. The van der Waals surface area contributed by atoms with Gasteiger partial charge in [0.2, 0.25) is 0 Å². The quantitative estimate of drug-likeness (QED) is 0.349. The van der Waals surface area contributed by atoms with E-state index in [0.717, 1.165) is 11.6 Å². The molecule has 0 amide bonds.